The summed E-state index contributed by atoms with van der Waals surface area (Å²) in [6.45, 7) is 6.00. The monoisotopic (exact) mass is 281 g/mol. The minimum absolute atomic E-state index is 0.290. The highest BCUT2D eigenvalue weighted by molar-refractivity contribution is 7.90. The molecular weight excluding hydrogens is 262 g/mol. The van der Waals surface area contributed by atoms with Gasteiger partial charge < -0.3 is 10.6 Å². The van der Waals surface area contributed by atoms with Crippen LogP contribution in [0, 0.1) is 5.92 Å². The maximum absolute atomic E-state index is 12.0. The molecule has 2 rings (SSSR count). The third kappa shape index (κ3) is 2.64. The Kier molecular flexibility index (Phi) is 3.91. The number of nitrogens with two attached hydrogens (primary N) is 1. The number of nitrogens with zero attached hydrogens (tertiary/aromatic N) is 2. The molecule has 1 aliphatic heterocycles. The van der Waals surface area contributed by atoms with E-state index in [0.717, 1.165) is 0 Å². The summed E-state index contributed by atoms with van der Waals surface area (Å²) in [7, 11) is -3.54. The van der Waals surface area contributed by atoms with Gasteiger partial charge in [0.1, 0.15) is 4.90 Å². The van der Waals surface area contributed by atoms with Crippen molar-refractivity contribution in [3.63, 3.8) is 0 Å². The van der Waals surface area contributed by atoms with Gasteiger partial charge in [-0.15, -0.1) is 4.40 Å². The first-order valence-corrected chi connectivity index (χ1v) is 7.83. The van der Waals surface area contributed by atoms with Crippen molar-refractivity contribution in [2.75, 3.05) is 19.6 Å². The van der Waals surface area contributed by atoms with Crippen molar-refractivity contribution in [1.29, 1.82) is 0 Å². The van der Waals surface area contributed by atoms with Gasteiger partial charge in [0, 0.05) is 18.7 Å². The van der Waals surface area contributed by atoms with Gasteiger partial charge in [0.05, 0.1) is 0 Å². The molecule has 0 fully saturated rings. The van der Waals surface area contributed by atoms with Crippen LogP contribution in [0.3, 0.4) is 0 Å². The first-order valence-electron chi connectivity index (χ1n) is 6.39. The van der Waals surface area contributed by atoms with E-state index >= 15 is 0 Å². The molecule has 1 atom stereocenters. The van der Waals surface area contributed by atoms with Crippen molar-refractivity contribution in [3.05, 3.63) is 29.8 Å². The highest BCUT2D eigenvalue weighted by Gasteiger charge is 2.31. The molecule has 1 aromatic carbocycles. The zero-order valence-corrected chi connectivity index (χ0v) is 12.0. The molecule has 0 saturated heterocycles. The van der Waals surface area contributed by atoms with E-state index in [-0.39, 0.29) is 5.92 Å². The number of sulfonamides is 1. The van der Waals surface area contributed by atoms with E-state index in [9.17, 15) is 8.42 Å². The van der Waals surface area contributed by atoms with Crippen LogP contribution in [0.1, 0.15) is 19.4 Å². The predicted molar refractivity (Wildman–Crippen MR) is 75.6 cm³/mol. The Bertz CT molecular complexity index is 596. The van der Waals surface area contributed by atoms with Crippen molar-refractivity contribution < 1.29 is 8.42 Å². The summed E-state index contributed by atoms with van der Waals surface area (Å²) in [5.74, 6) is 0.830. The number of hydrogen-bond acceptors (Lipinski definition) is 4. The maximum Gasteiger partial charge on any atom is 0.285 e. The molecule has 1 aliphatic rings. The molecule has 6 heteroatoms. The molecule has 1 heterocycles. The summed E-state index contributed by atoms with van der Waals surface area (Å²) in [4.78, 5) is 2.27. The summed E-state index contributed by atoms with van der Waals surface area (Å²) in [6.07, 6.45) is 0. The van der Waals surface area contributed by atoms with Gasteiger partial charge in [0.15, 0.2) is 5.84 Å². The van der Waals surface area contributed by atoms with Crippen molar-refractivity contribution in [2.24, 2.45) is 16.0 Å². The van der Waals surface area contributed by atoms with E-state index in [0.29, 0.717) is 35.9 Å². The Balaban J connectivity index is 2.40. The number of fused-ring (bicyclic) bond motifs is 1. The molecule has 104 valence electrons. The molecule has 0 spiro atoms. The van der Waals surface area contributed by atoms with Crippen LogP contribution in [0.4, 0.5) is 0 Å². The lowest BCUT2D eigenvalue weighted by atomic mass is 10.1. The summed E-state index contributed by atoms with van der Waals surface area (Å²) in [6, 6.07) is 6.94. The second-order valence-electron chi connectivity index (χ2n) is 4.77. The van der Waals surface area contributed by atoms with Crippen molar-refractivity contribution >= 4 is 15.9 Å². The zero-order valence-electron chi connectivity index (χ0n) is 11.2. The molecule has 0 bridgehead atoms. The fourth-order valence-corrected chi connectivity index (χ4v) is 3.36. The maximum atomic E-state index is 12.0. The molecule has 1 unspecified atom stereocenters. The minimum atomic E-state index is -3.54. The fourth-order valence-electron chi connectivity index (χ4n) is 2.13. The van der Waals surface area contributed by atoms with E-state index in [1.54, 1.807) is 18.2 Å². The molecule has 0 amide bonds. The topological polar surface area (TPSA) is 75.8 Å². The van der Waals surface area contributed by atoms with Crippen LogP contribution in [0.2, 0.25) is 0 Å². The van der Waals surface area contributed by atoms with Crippen LogP contribution in [0.5, 0.6) is 0 Å². The van der Waals surface area contributed by atoms with Crippen molar-refractivity contribution in [3.8, 4) is 0 Å². The molecule has 0 saturated carbocycles. The quantitative estimate of drug-likeness (QED) is 0.895. The van der Waals surface area contributed by atoms with Crippen LogP contribution in [-0.2, 0) is 10.0 Å². The normalized spacial score (nSPS) is 17.7. The molecule has 1 aromatic rings. The molecule has 5 nitrogen and oxygen atoms in total. The summed E-state index contributed by atoms with van der Waals surface area (Å²) in [5.41, 5.74) is 6.33. The predicted octanol–water partition coefficient (Wildman–Crippen LogP) is 1.05. The number of hydrogen-bond donors (Lipinski definition) is 1. The van der Waals surface area contributed by atoms with Gasteiger partial charge in [-0.05, 0) is 31.5 Å². The van der Waals surface area contributed by atoms with Gasteiger partial charge >= 0.3 is 0 Å². The summed E-state index contributed by atoms with van der Waals surface area (Å²) < 4.78 is 27.9. The lowest BCUT2D eigenvalue weighted by molar-refractivity contribution is 0.371. The minimum Gasteiger partial charge on any atom is -0.355 e. The fraction of sp³-hybridized carbons (Fsp3) is 0.462. The smallest absolute Gasteiger partial charge is 0.285 e. The van der Waals surface area contributed by atoms with Crippen LogP contribution in [0.15, 0.2) is 33.6 Å². The molecule has 19 heavy (non-hydrogen) atoms. The van der Waals surface area contributed by atoms with Crippen LogP contribution in [-0.4, -0.2) is 38.8 Å². The van der Waals surface area contributed by atoms with Crippen LogP contribution >= 0.6 is 0 Å². The lowest BCUT2D eigenvalue weighted by Crippen LogP contribution is -2.36. The van der Waals surface area contributed by atoms with Gasteiger partial charge in [0.2, 0.25) is 0 Å². The van der Waals surface area contributed by atoms with Gasteiger partial charge in [-0.25, -0.2) is 0 Å². The molecule has 0 radical (unpaired) electrons. The molecule has 0 aromatic heterocycles. The third-order valence-corrected chi connectivity index (χ3v) is 4.55. The Morgan fingerprint density at radius 1 is 1.37 bits per heavy atom. The standard InChI is InChI=1S/C13H19N3O2S/c1-3-16(9-10(2)8-14)13-11-6-4-5-7-12(11)19(17,18)15-13/h4-7,10H,3,8-9,14H2,1-2H3. The summed E-state index contributed by atoms with van der Waals surface area (Å²) >= 11 is 0. The Morgan fingerprint density at radius 3 is 2.68 bits per heavy atom. The van der Waals surface area contributed by atoms with Crippen LogP contribution < -0.4 is 5.73 Å². The van der Waals surface area contributed by atoms with Gasteiger partial charge in [-0.1, -0.05) is 19.1 Å². The lowest BCUT2D eigenvalue weighted by Gasteiger charge is -2.25. The van der Waals surface area contributed by atoms with Gasteiger partial charge in [-0.2, -0.15) is 8.42 Å². The molecule has 0 aliphatic carbocycles. The van der Waals surface area contributed by atoms with E-state index in [1.807, 2.05) is 24.8 Å². The van der Waals surface area contributed by atoms with Gasteiger partial charge in [0.25, 0.3) is 10.0 Å². The Labute approximate surface area is 114 Å². The van der Waals surface area contributed by atoms with Gasteiger partial charge in [-0.3, -0.25) is 0 Å². The van der Waals surface area contributed by atoms with Crippen molar-refractivity contribution in [2.45, 2.75) is 18.7 Å². The van der Waals surface area contributed by atoms with E-state index in [2.05, 4.69) is 4.40 Å². The number of amidine groups is 1. The van der Waals surface area contributed by atoms with E-state index in [4.69, 9.17) is 5.73 Å². The molecule has 2 N–H and O–H groups in total. The Hall–Kier alpha value is -1.40. The average molecular weight is 281 g/mol. The SMILES string of the molecule is CCN(CC(C)CN)C1=NS(=O)(=O)c2ccccc21. The second-order valence-corrected chi connectivity index (χ2v) is 6.34. The summed E-state index contributed by atoms with van der Waals surface area (Å²) in [5, 5.41) is 0. The highest BCUT2D eigenvalue weighted by Crippen LogP contribution is 2.27. The van der Waals surface area contributed by atoms with Crippen LogP contribution in [0.25, 0.3) is 0 Å². The number of benzene rings is 1. The zero-order chi connectivity index (χ0) is 14.0. The van der Waals surface area contributed by atoms with Crippen molar-refractivity contribution in [1.82, 2.24) is 4.90 Å². The Morgan fingerprint density at radius 2 is 2.05 bits per heavy atom. The number of rotatable bonds is 4. The second kappa shape index (κ2) is 5.30. The first-order chi connectivity index (χ1) is 8.99. The van der Waals surface area contributed by atoms with E-state index < -0.39 is 10.0 Å². The largest absolute Gasteiger partial charge is 0.355 e. The molecular formula is C13H19N3O2S. The first kappa shape index (κ1) is 14.0. The average Bonchev–Trinajstić information content (AvgIpc) is 2.68. The highest BCUT2D eigenvalue weighted by atomic mass is 32.2. The third-order valence-electron chi connectivity index (χ3n) is 3.23. The van der Waals surface area contributed by atoms with E-state index in [1.165, 1.54) is 0 Å².